The van der Waals surface area contributed by atoms with Gasteiger partial charge in [0, 0.05) is 28.1 Å². The van der Waals surface area contributed by atoms with Crippen molar-refractivity contribution in [1.82, 2.24) is 10.3 Å². The lowest BCUT2D eigenvalue weighted by Crippen LogP contribution is -2.46. The van der Waals surface area contributed by atoms with E-state index >= 15 is 0 Å². The summed E-state index contributed by atoms with van der Waals surface area (Å²) in [7, 11) is -5.52. The molecule has 1 saturated heterocycles. The Bertz CT molecular complexity index is 1190. The van der Waals surface area contributed by atoms with Gasteiger partial charge in [-0.05, 0) is 30.3 Å². The van der Waals surface area contributed by atoms with Gasteiger partial charge in [0.15, 0.2) is 5.03 Å². The molecule has 1 atom stereocenters. The van der Waals surface area contributed by atoms with Gasteiger partial charge in [0.1, 0.15) is 5.37 Å². The predicted molar refractivity (Wildman–Crippen MR) is 116 cm³/mol. The molecule has 0 bridgehead atoms. The van der Waals surface area contributed by atoms with Crippen LogP contribution >= 0.6 is 11.6 Å². The average Bonchev–Trinajstić information content (AvgIpc) is 2.74. The van der Waals surface area contributed by atoms with Crippen LogP contribution in [0, 0.1) is 0 Å². The third-order valence-corrected chi connectivity index (χ3v) is 6.89. The first kappa shape index (κ1) is 21.0. The Labute approximate surface area is 178 Å². The maximum absolute atomic E-state index is 13.1. The number of nitrogens with zero attached hydrogens (tertiary/aromatic N) is 1. The minimum atomic E-state index is -3.82. The van der Waals surface area contributed by atoms with E-state index in [1.165, 1.54) is 6.07 Å². The van der Waals surface area contributed by atoms with E-state index in [0.29, 0.717) is 40.5 Å². The van der Waals surface area contributed by atoms with Crippen LogP contribution in [-0.4, -0.2) is 55.7 Å². The largest absolute Gasteiger partial charge is 0.490 e. The normalized spacial score (nSPS) is 17.1. The molecule has 1 aliphatic rings. The number of fused-ring (bicyclic) bond motifs is 1. The number of nitrogens with one attached hydrogen (secondary N) is 2. The lowest BCUT2D eigenvalue weighted by atomic mass is 9.79. The second-order valence-electron chi connectivity index (χ2n) is 6.82. The van der Waals surface area contributed by atoms with Crippen LogP contribution in [0.25, 0.3) is 10.9 Å². The number of ether oxygens (including phenoxy) is 1. The van der Waals surface area contributed by atoms with Crippen molar-refractivity contribution < 1.29 is 23.2 Å². The topological polar surface area (TPSA) is 121 Å². The molecular formula is C19H19BClN3O5S. The summed E-state index contributed by atoms with van der Waals surface area (Å²) in [6.45, 7) is 0.910. The molecule has 0 saturated carbocycles. The number of benzene rings is 2. The van der Waals surface area contributed by atoms with E-state index in [4.69, 9.17) is 16.3 Å². The van der Waals surface area contributed by atoms with E-state index in [-0.39, 0.29) is 17.1 Å². The minimum absolute atomic E-state index is 0.0327. The standard InChI is InChI=1S/C19H19BClN3O5S/c21-12-5-6-15-13(9-12)17(23-16-4-2-1-3-14(16)20(25)26)10-18(24-15)30(27,28)19-11-29-8-7-22-19/h1-6,9-10,19,22,25-26H,7-8,11H2,(H,23,24). The van der Waals surface area contributed by atoms with Crippen molar-refractivity contribution in [2.24, 2.45) is 0 Å². The van der Waals surface area contributed by atoms with E-state index in [2.05, 4.69) is 15.6 Å². The quantitative estimate of drug-likeness (QED) is 0.428. The van der Waals surface area contributed by atoms with Crippen molar-refractivity contribution in [3.05, 3.63) is 53.6 Å². The van der Waals surface area contributed by atoms with Crippen LogP contribution in [0.1, 0.15) is 0 Å². The number of morpholine rings is 1. The van der Waals surface area contributed by atoms with Crippen LogP contribution < -0.4 is 16.1 Å². The average molecular weight is 448 g/mol. The Morgan fingerprint density at radius 1 is 1.17 bits per heavy atom. The molecule has 1 fully saturated rings. The second-order valence-corrected chi connectivity index (χ2v) is 9.33. The highest BCUT2D eigenvalue weighted by atomic mass is 35.5. The molecule has 4 N–H and O–H groups in total. The summed E-state index contributed by atoms with van der Waals surface area (Å²) in [5.74, 6) is 0. The van der Waals surface area contributed by atoms with E-state index < -0.39 is 22.3 Å². The van der Waals surface area contributed by atoms with E-state index in [1.54, 1.807) is 42.5 Å². The zero-order valence-electron chi connectivity index (χ0n) is 15.7. The lowest BCUT2D eigenvalue weighted by molar-refractivity contribution is 0.0977. The fourth-order valence-electron chi connectivity index (χ4n) is 3.29. The lowest BCUT2D eigenvalue weighted by Gasteiger charge is -2.24. The van der Waals surface area contributed by atoms with Crippen LogP contribution in [0.3, 0.4) is 0 Å². The second kappa shape index (κ2) is 8.50. The summed E-state index contributed by atoms with van der Waals surface area (Å²) in [6.07, 6.45) is 0. The van der Waals surface area contributed by atoms with Crippen molar-refractivity contribution in [1.29, 1.82) is 0 Å². The maximum atomic E-state index is 13.1. The third kappa shape index (κ3) is 4.15. The summed E-state index contributed by atoms with van der Waals surface area (Å²) in [6, 6.07) is 13.0. The fourth-order valence-corrected chi connectivity index (χ4v) is 4.87. The molecule has 30 heavy (non-hydrogen) atoms. The number of hydrogen-bond acceptors (Lipinski definition) is 8. The smallest absolute Gasteiger partial charge is 0.423 e. The van der Waals surface area contributed by atoms with Crippen molar-refractivity contribution >= 4 is 56.3 Å². The van der Waals surface area contributed by atoms with Gasteiger partial charge in [0.2, 0.25) is 9.84 Å². The van der Waals surface area contributed by atoms with Gasteiger partial charge in [-0.2, -0.15) is 0 Å². The molecule has 0 aliphatic carbocycles. The van der Waals surface area contributed by atoms with Crippen LogP contribution in [-0.2, 0) is 14.6 Å². The van der Waals surface area contributed by atoms with Gasteiger partial charge in [-0.1, -0.05) is 29.8 Å². The summed E-state index contributed by atoms with van der Waals surface area (Å²) in [5, 5.41) is 25.4. The first-order valence-electron chi connectivity index (χ1n) is 9.23. The molecular weight excluding hydrogens is 429 g/mol. The van der Waals surface area contributed by atoms with Crippen molar-refractivity contribution in [3.63, 3.8) is 0 Å². The molecule has 0 amide bonds. The molecule has 4 rings (SSSR count). The monoisotopic (exact) mass is 447 g/mol. The molecule has 1 aliphatic heterocycles. The van der Waals surface area contributed by atoms with Gasteiger partial charge < -0.3 is 20.1 Å². The maximum Gasteiger partial charge on any atom is 0.490 e. The summed E-state index contributed by atoms with van der Waals surface area (Å²) in [5.41, 5.74) is 1.52. The van der Waals surface area contributed by atoms with E-state index in [1.807, 2.05) is 0 Å². The minimum Gasteiger partial charge on any atom is -0.423 e. The fraction of sp³-hybridized carbons (Fsp3) is 0.211. The molecule has 1 aromatic heterocycles. The number of halogens is 1. The summed E-state index contributed by atoms with van der Waals surface area (Å²) >= 11 is 6.15. The molecule has 1 unspecified atom stereocenters. The number of anilines is 2. The first-order chi connectivity index (χ1) is 14.4. The van der Waals surface area contributed by atoms with Crippen molar-refractivity contribution in [2.75, 3.05) is 25.1 Å². The molecule has 0 radical (unpaired) electrons. The van der Waals surface area contributed by atoms with Crippen LogP contribution in [0.5, 0.6) is 0 Å². The third-order valence-electron chi connectivity index (χ3n) is 4.81. The molecule has 2 aromatic carbocycles. The summed E-state index contributed by atoms with van der Waals surface area (Å²) in [4.78, 5) is 4.34. The van der Waals surface area contributed by atoms with Crippen LogP contribution in [0.4, 0.5) is 11.4 Å². The van der Waals surface area contributed by atoms with Crippen molar-refractivity contribution in [3.8, 4) is 0 Å². The van der Waals surface area contributed by atoms with Gasteiger partial charge in [0.05, 0.1) is 24.4 Å². The van der Waals surface area contributed by atoms with Crippen LogP contribution in [0.15, 0.2) is 53.6 Å². The SMILES string of the molecule is O=S(=O)(c1cc(Nc2ccccc2B(O)O)c2cc(Cl)ccc2n1)C1COCCN1. The van der Waals surface area contributed by atoms with E-state index in [9.17, 15) is 18.5 Å². The van der Waals surface area contributed by atoms with Gasteiger partial charge in [-0.15, -0.1) is 0 Å². The Hall–Kier alpha value is -2.21. The number of rotatable bonds is 5. The number of pyridine rings is 1. The molecule has 8 nitrogen and oxygen atoms in total. The van der Waals surface area contributed by atoms with Gasteiger partial charge in [0.25, 0.3) is 0 Å². The highest BCUT2D eigenvalue weighted by Gasteiger charge is 2.31. The zero-order valence-corrected chi connectivity index (χ0v) is 17.3. The number of aromatic nitrogens is 1. The zero-order chi connectivity index (χ0) is 21.3. The Morgan fingerprint density at radius 3 is 2.70 bits per heavy atom. The number of para-hydroxylation sites is 1. The van der Waals surface area contributed by atoms with Crippen molar-refractivity contribution in [2.45, 2.75) is 10.4 Å². The van der Waals surface area contributed by atoms with Gasteiger partial charge in [-0.25, -0.2) is 13.4 Å². The van der Waals surface area contributed by atoms with Gasteiger partial charge in [-0.3, -0.25) is 5.32 Å². The Balaban J connectivity index is 1.85. The first-order valence-corrected chi connectivity index (χ1v) is 11.2. The Morgan fingerprint density at radius 2 is 1.97 bits per heavy atom. The number of sulfone groups is 1. The molecule has 3 aromatic rings. The molecule has 156 valence electrons. The number of hydrogen-bond donors (Lipinski definition) is 4. The molecule has 11 heteroatoms. The van der Waals surface area contributed by atoms with E-state index in [0.717, 1.165) is 0 Å². The Kier molecular flexibility index (Phi) is 5.96. The highest BCUT2D eigenvalue weighted by molar-refractivity contribution is 7.92. The molecule has 2 heterocycles. The van der Waals surface area contributed by atoms with Gasteiger partial charge >= 0.3 is 7.12 Å². The predicted octanol–water partition coefficient (Wildman–Crippen LogP) is 1.03. The molecule has 0 spiro atoms. The highest BCUT2D eigenvalue weighted by Crippen LogP contribution is 2.31. The van der Waals surface area contributed by atoms with Crippen LogP contribution in [0.2, 0.25) is 5.02 Å². The summed E-state index contributed by atoms with van der Waals surface area (Å²) < 4.78 is 31.6.